The minimum atomic E-state index is -0.874. The van der Waals surface area contributed by atoms with Crippen LogP contribution in [0.25, 0.3) is 0 Å². The van der Waals surface area contributed by atoms with E-state index in [2.05, 4.69) is 0 Å². The molecule has 0 aliphatic carbocycles. The maximum Gasteiger partial charge on any atom is 0.328 e. The van der Waals surface area contributed by atoms with Crippen molar-refractivity contribution in [1.29, 1.82) is 5.26 Å². The van der Waals surface area contributed by atoms with E-state index >= 15 is 0 Å². The molecule has 0 radical (unpaired) electrons. The standard InChI is InChI=1S/C15H16N2O3/c1-20-15(19)13-8-5-9-17(13)14(18)12(10-16)11-6-3-2-4-7-11/h2-4,6-7,12-13H,5,8-9H2,1H3. The van der Waals surface area contributed by atoms with Gasteiger partial charge in [-0.1, -0.05) is 30.3 Å². The number of esters is 1. The number of carbonyl (C=O) groups excluding carboxylic acids is 2. The lowest BCUT2D eigenvalue weighted by molar-refractivity contribution is -0.151. The van der Waals surface area contributed by atoms with E-state index in [0.29, 0.717) is 18.5 Å². The Bertz CT molecular complexity index is 536. The summed E-state index contributed by atoms with van der Waals surface area (Å²) in [6.45, 7) is 0.490. The van der Waals surface area contributed by atoms with Crippen LogP contribution in [0.15, 0.2) is 30.3 Å². The zero-order chi connectivity index (χ0) is 14.5. The predicted molar refractivity (Wildman–Crippen MR) is 71.5 cm³/mol. The first kappa shape index (κ1) is 14.1. The summed E-state index contributed by atoms with van der Waals surface area (Å²) in [4.78, 5) is 25.6. The molecular weight excluding hydrogens is 256 g/mol. The van der Waals surface area contributed by atoms with Gasteiger partial charge in [-0.2, -0.15) is 5.26 Å². The van der Waals surface area contributed by atoms with Crippen LogP contribution >= 0.6 is 0 Å². The average Bonchev–Trinajstić information content (AvgIpc) is 2.97. The fraction of sp³-hybridized carbons (Fsp3) is 0.400. The smallest absolute Gasteiger partial charge is 0.328 e. The first-order chi connectivity index (χ1) is 9.69. The van der Waals surface area contributed by atoms with Crippen molar-refractivity contribution in [2.45, 2.75) is 24.8 Å². The Kier molecular flexibility index (Phi) is 4.36. The molecule has 5 nitrogen and oxygen atoms in total. The number of hydrogen-bond donors (Lipinski definition) is 0. The molecule has 20 heavy (non-hydrogen) atoms. The molecule has 0 N–H and O–H groups in total. The lowest BCUT2D eigenvalue weighted by atomic mass is 9.99. The van der Waals surface area contributed by atoms with Crippen molar-refractivity contribution in [3.05, 3.63) is 35.9 Å². The van der Waals surface area contributed by atoms with Crippen molar-refractivity contribution >= 4 is 11.9 Å². The zero-order valence-corrected chi connectivity index (χ0v) is 11.3. The highest BCUT2D eigenvalue weighted by molar-refractivity contribution is 5.91. The molecule has 2 unspecified atom stereocenters. The molecular formula is C15H16N2O3. The van der Waals surface area contributed by atoms with Crippen LogP contribution in [0.5, 0.6) is 0 Å². The fourth-order valence-corrected chi connectivity index (χ4v) is 2.50. The highest BCUT2D eigenvalue weighted by atomic mass is 16.5. The first-order valence-corrected chi connectivity index (χ1v) is 6.52. The quantitative estimate of drug-likeness (QED) is 0.781. The van der Waals surface area contributed by atoms with Crippen LogP contribution in [-0.4, -0.2) is 36.5 Å². The maximum absolute atomic E-state index is 12.5. The van der Waals surface area contributed by atoms with Gasteiger partial charge >= 0.3 is 5.97 Å². The van der Waals surface area contributed by atoms with Gasteiger partial charge in [-0.3, -0.25) is 4.79 Å². The Morgan fingerprint density at radius 1 is 1.40 bits per heavy atom. The van der Waals surface area contributed by atoms with Gasteiger partial charge in [0.1, 0.15) is 12.0 Å². The van der Waals surface area contributed by atoms with Crippen LogP contribution in [0.4, 0.5) is 0 Å². The summed E-state index contributed by atoms with van der Waals surface area (Å²) >= 11 is 0. The summed E-state index contributed by atoms with van der Waals surface area (Å²) in [5, 5.41) is 9.28. The third-order valence-electron chi connectivity index (χ3n) is 3.52. The number of ether oxygens (including phenoxy) is 1. The molecule has 1 saturated heterocycles. The lowest BCUT2D eigenvalue weighted by Gasteiger charge is -2.24. The Labute approximate surface area is 117 Å². The van der Waals surface area contributed by atoms with Gasteiger partial charge in [0, 0.05) is 6.54 Å². The van der Waals surface area contributed by atoms with Gasteiger partial charge in [0.25, 0.3) is 0 Å². The highest BCUT2D eigenvalue weighted by Gasteiger charge is 2.38. The van der Waals surface area contributed by atoms with E-state index in [4.69, 9.17) is 4.74 Å². The number of carbonyl (C=O) groups is 2. The minimum Gasteiger partial charge on any atom is -0.467 e. The van der Waals surface area contributed by atoms with Crippen LogP contribution in [0.1, 0.15) is 24.3 Å². The molecule has 2 atom stereocenters. The number of nitrogens with zero attached hydrogens (tertiary/aromatic N) is 2. The average molecular weight is 272 g/mol. The summed E-state index contributed by atoms with van der Waals surface area (Å²) in [6.07, 6.45) is 1.34. The SMILES string of the molecule is COC(=O)C1CCCN1C(=O)C(C#N)c1ccccc1. The summed E-state index contributed by atoms with van der Waals surface area (Å²) in [5.41, 5.74) is 0.649. The van der Waals surface area contributed by atoms with E-state index in [-0.39, 0.29) is 5.91 Å². The van der Waals surface area contributed by atoms with Gasteiger partial charge in [-0.25, -0.2) is 4.79 Å². The molecule has 0 saturated carbocycles. The number of hydrogen-bond acceptors (Lipinski definition) is 4. The zero-order valence-electron chi connectivity index (χ0n) is 11.3. The van der Waals surface area contributed by atoms with Crippen molar-refractivity contribution in [3.63, 3.8) is 0 Å². The molecule has 0 aromatic heterocycles. The molecule has 1 aromatic rings. The first-order valence-electron chi connectivity index (χ1n) is 6.52. The molecule has 1 fully saturated rings. The Balaban J connectivity index is 2.21. The maximum atomic E-state index is 12.5. The third kappa shape index (κ3) is 2.64. The molecule has 1 heterocycles. The van der Waals surface area contributed by atoms with E-state index in [1.54, 1.807) is 24.3 Å². The third-order valence-corrected chi connectivity index (χ3v) is 3.52. The van der Waals surface area contributed by atoms with E-state index in [1.165, 1.54) is 12.0 Å². The van der Waals surface area contributed by atoms with Gasteiger partial charge < -0.3 is 9.64 Å². The van der Waals surface area contributed by atoms with Crippen LogP contribution in [0, 0.1) is 11.3 Å². The van der Waals surface area contributed by atoms with Gasteiger partial charge in [0.2, 0.25) is 5.91 Å². The van der Waals surface area contributed by atoms with E-state index in [1.807, 2.05) is 12.1 Å². The van der Waals surface area contributed by atoms with Crippen molar-refractivity contribution in [1.82, 2.24) is 4.90 Å². The molecule has 2 rings (SSSR count). The van der Waals surface area contributed by atoms with Crippen molar-refractivity contribution in [2.24, 2.45) is 0 Å². The van der Waals surface area contributed by atoms with Crippen LogP contribution in [0.3, 0.4) is 0 Å². The van der Waals surface area contributed by atoms with Crippen LogP contribution in [-0.2, 0) is 14.3 Å². The van der Waals surface area contributed by atoms with E-state index < -0.39 is 17.9 Å². The highest BCUT2D eigenvalue weighted by Crippen LogP contribution is 2.25. The second-order valence-electron chi connectivity index (χ2n) is 4.69. The normalized spacial score (nSPS) is 19.2. The molecule has 1 amide bonds. The summed E-state index contributed by atoms with van der Waals surface area (Å²) in [5.74, 6) is -1.62. The predicted octanol–water partition coefficient (Wildman–Crippen LogP) is 1.46. The Morgan fingerprint density at radius 3 is 2.70 bits per heavy atom. The molecule has 1 aromatic carbocycles. The van der Waals surface area contributed by atoms with Crippen molar-refractivity contribution < 1.29 is 14.3 Å². The topological polar surface area (TPSA) is 70.4 Å². The lowest BCUT2D eigenvalue weighted by Crippen LogP contribution is -2.43. The number of amides is 1. The Morgan fingerprint density at radius 2 is 2.10 bits per heavy atom. The van der Waals surface area contributed by atoms with E-state index in [0.717, 1.165) is 6.42 Å². The van der Waals surface area contributed by atoms with Crippen molar-refractivity contribution in [2.75, 3.05) is 13.7 Å². The van der Waals surface area contributed by atoms with Crippen molar-refractivity contribution in [3.8, 4) is 6.07 Å². The second-order valence-corrected chi connectivity index (χ2v) is 4.69. The molecule has 0 bridgehead atoms. The van der Waals surface area contributed by atoms with Crippen LogP contribution in [0.2, 0.25) is 0 Å². The number of methoxy groups -OCH3 is 1. The number of benzene rings is 1. The summed E-state index contributed by atoms with van der Waals surface area (Å²) < 4.78 is 4.72. The second kappa shape index (κ2) is 6.20. The molecule has 5 heteroatoms. The van der Waals surface area contributed by atoms with E-state index in [9.17, 15) is 14.9 Å². The van der Waals surface area contributed by atoms with Crippen LogP contribution < -0.4 is 0 Å². The molecule has 104 valence electrons. The summed E-state index contributed by atoms with van der Waals surface area (Å²) in [6, 6.07) is 10.4. The molecule has 1 aliphatic heterocycles. The van der Waals surface area contributed by atoms with Gasteiger partial charge in [-0.05, 0) is 18.4 Å². The number of nitriles is 1. The largest absolute Gasteiger partial charge is 0.467 e. The van der Waals surface area contributed by atoms with Gasteiger partial charge in [0.05, 0.1) is 13.2 Å². The number of likely N-dealkylation sites (tertiary alicyclic amines) is 1. The fourth-order valence-electron chi connectivity index (χ4n) is 2.50. The molecule has 1 aliphatic rings. The van der Waals surface area contributed by atoms with Gasteiger partial charge in [0.15, 0.2) is 0 Å². The number of rotatable bonds is 3. The van der Waals surface area contributed by atoms with Gasteiger partial charge in [-0.15, -0.1) is 0 Å². The Hall–Kier alpha value is -2.35. The summed E-state index contributed by atoms with van der Waals surface area (Å²) in [7, 11) is 1.31. The monoisotopic (exact) mass is 272 g/mol. The minimum absolute atomic E-state index is 0.327. The molecule has 0 spiro atoms.